The molecule has 1 amide bonds. The summed E-state index contributed by atoms with van der Waals surface area (Å²) < 4.78 is 0. The number of amides is 1. The highest BCUT2D eigenvalue weighted by Gasteiger charge is 2.01. The molecule has 7 heteroatoms. The van der Waals surface area contributed by atoms with Crippen molar-refractivity contribution in [2.24, 2.45) is 4.99 Å². The number of hydrogen-bond donors (Lipinski definition) is 3. The monoisotopic (exact) mass is 438 g/mol. The lowest BCUT2D eigenvalue weighted by Crippen LogP contribution is -2.39. The lowest BCUT2D eigenvalue weighted by atomic mass is 10.1. The van der Waals surface area contributed by atoms with Gasteiger partial charge >= 0.3 is 0 Å². The van der Waals surface area contributed by atoms with Gasteiger partial charge in [-0.05, 0) is 38.0 Å². The number of hydrogen-bond acceptors (Lipinski definition) is 2. The maximum Gasteiger partial charge on any atom is 0.241 e. The van der Waals surface area contributed by atoms with Gasteiger partial charge in [0.2, 0.25) is 5.91 Å². The molecule has 0 saturated carbocycles. The average molecular weight is 439 g/mol. The van der Waals surface area contributed by atoms with Gasteiger partial charge in [-0.3, -0.25) is 4.79 Å². The normalized spacial score (nSPS) is 10.6. The summed E-state index contributed by atoms with van der Waals surface area (Å²) in [6.07, 6.45) is 0.839. The van der Waals surface area contributed by atoms with E-state index in [4.69, 9.17) is 11.6 Å². The number of likely N-dealkylation sites (N-methyl/N-ethyl adjacent to an activating group) is 1. The van der Waals surface area contributed by atoms with Crippen molar-refractivity contribution in [3.63, 3.8) is 0 Å². The largest absolute Gasteiger partial charge is 0.357 e. The molecule has 124 valence electrons. The molecule has 22 heavy (non-hydrogen) atoms. The van der Waals surface area contributed by atoms with Crippen LogP contribution in [0.2, 0.25) is 5.02 Å². The molecule has 0 heterocycles. The Morgan fingerprint density at radius 1 is 1.18 bits per heavy atom. The third kappa shape index (κ3) is 9.09. The molecule has 0 aliphatic rings. The zero-order valence-electron chi connectivity index (χ0n) is 13.0. The molecule has 0 aliphatic carbocycles. The van der Waals surface area contributed by atoms with E-state index >= 15 is 0 Å². The molecule has 3 N–H and O–H groups in total. The van der Waals surface area contributed by atoms with Gasteiger partial charge in [-0.1, -0.05) is 23.7 Å². The van der Waals surface area contributed by atoms with Crippen molar-refractivity contribution in [2.75, 3.05) is 26.2 Å². The molecule has 1 aromatic rings. The lowest BCUT2D eigenvalue weighted by molar-refractivity contribution is -0.119. The van der Waals surface area contributed by atoms with Crippen molar-refractivity contribution in [3.8, 4) is 0 Å². The van der Waals surface area contributed by atoms with Gasteiger partial charge in [-0.25, -0.2) is 4.99 Å². The zero-order chi connectivity index (χ0) is 15.5. The molecular weight excluding hydrogens is 415 g/mol. The van der Waals surface area contributed by atoms with Crippen LogP contribution in [0.15, 0.2) is 29.3 Å². The van der Waals surface area contributed by atoms with E-state index in [1.54, 1.807) is 0 Å². The summed E-state index contributed by atoms with van der Waals surface area (Å²) in [4.78, 5) is 15.6. The van der Waals surface area contributed by atoms with E-state index in [2.05, 4.69) is 20.9 Å². The highest BCUT2D eigenvalue weighted by atomic mass is 127. The predicted octanol–water partition coefficient (Wildman–Crippen LogP) is 2.19. The number of aliphatic imine (C=N–C) groups is 1. The van der Waals surface area contributed by atoms with Crippen LogP contribution >= 0.6 is 35.6 Å². The molecule has 0 aromatic heterocycles. The molecule has 1 rings (SSSR count). The van der Waals surface area contributed by atoms with E-state index in [0.29, 0.717) is 12.5 Å². The van der Waals surface area contributed by atoms with Crippen LogP contribution in [0.25, 0.3) is 0 Å². The molecule has 0 atom stereocenters. The molecule has 0 unspecified atom stereocenters. The molecule has 0 spiro atoms. The Kier molecular flexibility index (Phi) is 11.9. The van der Waals surface area contributed by atoms with Gasteiger partial charge in [-0.15, -0.1) is 24.0 Å². The fourth-order valence-electron chi connectivity index (χ4n) is 1.76. The van der Waals surface area contributed by atoms with Crippen molar-refractivity contribution in [1.82, 2.24) is 16.0 Å². The van der Waals surface area contributed by atoms with E-state index in [0.717, 1.165) is 30.1 Å². The average Bonchev–Trinajstić information content (AvgIpc) is 2.45. The second-order valence-corrected chi connectivity index (χ2v) is 4.89. The first-order chi connectivity index (χ1) is 10.2. The lowest BCUT2D eigenvalue weighted by Gasteiger charge is -2.11. The van der Waals surface area contributed by atoms with Crippen LogP contribution in [0.4, 0.5) is 0 Å². The van der Waals surface area contributed by atoms with Crippen LogP contribution in [0.1, 0.15) is 19.4 Å². The third-order valence-corrected chi connectivity index (χ3v) is 2.93. The first-order valence-electron chi connectivity index (χ1n) is 7.19. The third-order valence-electron chi connectivity index (χ3n) is 2.69. The number of nitrogens with one attached hydrogen (secondary N) is 3. The predicted molar refractivity (Wildman–Crippen MR) is 103 cm³/mol. The van der Waals surface area contributed by atoms with Crippen LogP contribution in [0, 0.1) is 0 Å². The highest BCUT2D eigenvalue weighted by molar-refractivity contribution is 14.0. The van der Waals surface area contributed by atoms with Crippen LogP contribution in [-0.4, -0.2) is 38.0 Å². The topological polar surface area (TPSA) is 65.5 Å². The van der Waals surface area contributed by atoms with E-state index in [1.807, 2.05) is 38.1 Å². The maximum atomic E-state index is 11.4. The minimum absolute atomic E-state index is 0. The fraction of sp³-hybridized carbons (Fsp3) is 0.467. The van der Waals surface area contributed by atoms with Gasteiger partial charge in [0.25, 0.3) is 0 Å². The Morgan fingerprint density at radius 2 is 1.91 bits per heavy atom. The number of nitrogens with zero attached hydrogens (tertiary/aromatic N) is 1. The molecular formula is C15H24ClIN4O. The van der Waals surface area contributed by atoms with Gasteiger partial charge < -0.3 is 16.0 Å². The minimum atomic E-state index is -0.0791. The van der Waals surface area contributed by atoms with Gasteiger partial charge in [0, 0.05) is 24.7 Å². The zero-order valence-corrected chi connectivity index (χ0v) is 16.1. The molecule has 0 aliphatic heterocycles. The Labute approximate surface area is 154 Å². The minimum Gasteiger partial charge on any atom is -0.357 e. The van der Waals surface area contributed by atoms with E-state index < -0.39 is 0 Å². The summed E-state index contributed by atoms with van der Waals surface area (Å²) in [6, 6.07) is 7.77. The quantitative estimate of drug-likeness (QED) is 0.347. The first-order valence-corrected chi connectivity index (χ1v) is 7.56. The van der Waals surface area contributed by atoms with E-state index in [-0.39, 0.29) is 36.4 Å². The summed E-state index contributed by atoms with van der Waals surface area (Å²) in [6.45, 7) is 6.09. The number of carbonyl (C=O) groups is 1. The van der Waals surface area contributed by atoms with Crippen LogP contribution in [-0.2, 0) is 11.2 Å². The first kappa shape index (κ1) is 21.0. The van der Waals surface area contributed by atoms with Crippen molar-refractivity contribution < 1.29 is 4.79 Å². The number of benzene rings is 1. The van der Waals surface area contributed by atoms with Gasteiger partial charge in [0.15, 0.2) is 5.96 Å². The molecule has 0 radical (unpaired) electrons. The van der Waals surface area contributed by atoms with Crippen molar-refractivity contribution in [3.05, 3.63) is 34.9 Å². The Balaban J connectivity index is 0.00000441. The molecule has 0 fully saturated rings. The molecule has 0 saturated heterocycles. The number of guanidine groups is 1. The van der Waals surface area contributed by atoms with Gasteiger partial charge in [-0.2, -0.15) is 0 Å². The summed E-state index contributed by atoms with van der Waals surface area (Å²) in [5.74, 6) is 0.565. The van der Waals surface area contributed by atoms with Crippen LogP contribution in [0.5, 0.6) is 0 Å². The Bertz CT molecular complexity index is 482. The fourth-order valence-corrected chi connectivity index (χ4v) is 1.98. The number of rotatable bonds is 7. The number of halogens is 2. The number of carbonyl (C=O) groups excluding carboxylic acids is 1. The summed E-state index contributed by atoms with van der Waals surface area (Å²) in [7, 11) is 0. The van der Waals surface area contributed by atoms with E-state index in [1.165, 1.54) is 0 Å². The van der Waals surface area contributed by atoms with Gasteiger partial charge in [0.05, 0.1) is 0 Å². The molecule has 0 bridgehead atoms. The molecule has 1 aromatic carbocycles. The SMILES string of the molecule is CCNC(=O)CN=C(NCC)NCCc1cccc(Cl)c1.I. The highest BCUT2D eigenvalue weighted by Crippen LogP contribution is 2.10. The maximum absolute atomic E-state index is 11.4. The summed E-state index contributed by atoms with van der Waals surface area (Å²) in [5.41, 5.74) is 1.16. The Hall–Kier alpha value is -1.02. The summed E-state index contributed by atoms with van der Waals surface area (Å²) >= 11 is 5.95. The van der Waals surface area contributed by atoms with Crippen LogP contribution in [0.3, 0.4) is 0 Å². The standard InChI is InChI=1S/C15H23ClN4O.HI/c1-3-17-14(21)11-20-15(18-4-2)19-9-8-12-6-5-7-13(16)10-12;/h5-7,10H,3-4,8-9,11H2,1-2H3,(H,17,21)(H2,18,19,20);1H. The van der Waals surface area contributed by atoms with Gasteiger partial charge in [0.1, 0.15) is 6.54 Å². The van der Waals surface area contributed by atoms with Crippen molar-refractivity contribution >= 4 is 47.4 Å². The second-order valence-electron chi connectivity index (χ2n) is 4.46. The summed E-state index contributed by atoms with van der Waals surface area (Å²) in [5, 5.41) is 9.77. The second kappa shape index (κ2) is 12.5. The van der Waals surface area contributed by atoms with Crippen LogP contribution < -0.4 is 16.0 Å². The van der Waals surface area contributed by atoms with Crippen molar-refractivity contribution in [1.29, 1.82) is 0 Å². The smallest absolute Gasteiger partial charge is 0.241 e. The molecule has 5 nitrogen and oxygen atoms in total. The van der Waals surface area contributed by atoms with E-state index in [9.17, 15) is 4.79 Å². The van der Waals surface area contributed by atoms with Crippen molar-refractivity contribution in [2.45, 2.75) is 20.3 Å². The Morgan fingerprint density at radius 3 is 2.55 bits per heavy atom.